The molecule has 2 rings (SSSR count). The Balaban J connectivity index is 1.68. The van der Waals surface area contributed by atoms with Gasteiger partial charge in [-0.15, -0.1) is 0 Å². The van der Waals surface area contributed by atoms with Crippen molar-refractivity contribution in [1.29, 1.82) is 0 Å². The summed E-state index contributed by atoms with van der Waals surface area (Å²) in [5.74, 6) is 0.528. The van der Waals surface area contributed by atoms with Crippen LogP contribution in [-0.2, 0) is 11.3 Å². The van der Waals surface area contributed by atoms with E-state index in [0.717, 1.165) is 31.7 Å². The molecule has 114 valence electrons. The molecule has 2 heterocycles. The Kier molecular flexibility index (Phi) is 5.57. The first-order chi connectivity index (χ1) is 10.2. The van der Waals surface area contributed by atoms with Crippen LogP contribution in [0.25, 0.3) is 0 Å². The zero-order chi connectivity index (χ0) is 15.1. The molecule has 1 atom stereocenters. The maximum absolute atomic E-state index is 11.3. The molecule has 1 unspecified atom stereocenters. The molecule has 6 heteroatoms. The van der Waals surface area contributed by atoms with Crippen LogP contribution in [0.2, 0.25) is 0 Å². The number of imidazole rings is 1. The van der Waals surface area contributed by atoms with Gasteiger partial charge >= 0.3 is 5.97 Å². The maximum atomic E-state index is 11.3. The minimum Gasteiger partial charge on any atom is -0.463 e. The molecule has 0 bridgehead atoms. The van der Waals surface area contributed by atoms with Crippen LogP contribution < -0.4 is 5.32 Å². The minimum atomic E-state index is -0.450. The average Bonchev–Trinajstić information content (AvgIpc) is 3.17. The van der Waals surface area contributed by atoms with Crippen molar-refractivity contribution in [1.82, 2.24) is 14.9 Å². The number of rotatable bonds is 8. The molecule has 0 aliphatic rings. The van der Waals surface area contributed by atoms with Gasteiger partial charge in [0.2, 0.25) is 5.76 Å². The van der Waals surface area contributed by atoms with Crippen LogP contribution in [0.5, 0.6) is 0 Å². The lowest BCUT2D eigenvalue weighted by Gasteiger charge is -2.11. The number of aromatic nitrogens is 2. The molecule has 0 aliphatic heterocycles. The van der Waals surface area contributed by atoms with E-state index < -0.39 is 5.97 Å². The van der Waals surface area contributed by atoms with Crippen molar-refractivity contribution in [2.75, 3.05) is 13.7 Å². The van der Waals surface area contributed by atoms with E-state index in [-0.39, 0.29) is 11.8 Å². The van der Waals surface area contributed by atoms with E-state index in [4.69, 9.17) is 4.42 Å². The van der Waals surface area contributed by atoms with E-state index in [2.05, 4.69) is 19.6 Å². The molecular weight excluding hydrogens is 270 g/mol. The van der Waals surface area contributed by atoms with Gasteiger partial charge < -0.3 is 19.0 Å². The average molecular weight is 291 g/mol. The van der Waals surface area contributed by atoms with Crippen LogP contribution in [0.1, 0.15) is 42.1 Å². The summed E-state index contributed by atoms with van der Waals surface area (Å²) in [4.78, 5) is 15.3. The van der Waals surface area contributed by atoms with Crippen molar-refractivity contribution in [3.8, 4) is 0 Å². The first-order valence-corrected chi connectivity index (χ1v) is 7.08. The van der Waals surface area contributed by atoms with Gasteiger partial charge in [-0.1, -0.05) is 0 Å². The number of furan rings is 1. The Bertz CT molecular complexity index is 548. The van der Waals surface area contributed by atoms with Gasteiger partial charge in [0.15, 0.2) is 0 Å². The molecule has 2 aromatic rings. The standard InChI is InChI=1S/C15H21N3O3/c1-12(13-5-6-14(21-13)15(19)20-2)17-7-3-4-9-18-10-8-16-11-18/h5-6,8,10-12,17H,3-4,7,9H2,1-2H3. The quantitative estimate of drug-likeness (QED) is 0.597. The largest absolute Gasteiger partial charge is 0.463 e. The molecule has 0 saturated heterocycles. The number of ether oxygens (including phenoxy) is 1. The van der Waals surface area contributed by atoms with Crippen molar-refractivity contribution >= 4 is 5.97 Å². The number of esters is 1. The molecule has 1 N–H and O–H groups in total. The lowest BCUT2D eigenvalue weighted by atomic mass is 10.2. The third kappa shape index (κ3) is 4.46. The second-order valence-electron chi connectivity index (χ2n) is 4.88. The van der Waals surface area contributed by atoms with Crippen molar-refractivity contribution in [2.24, 2.45) is 0 Å². The highest BCUT2D eigenvalue weighted by molar-refractivity contribution is 5.86. The summed E-state index contributed by atoms with van der Waals surface area (Å²) in [6, 6.07) is 3.50. The number of hydrogen-bond donors (Lipinski definition) is 1. The van der Waals surface area contributed by atoms with Crippen LogP contribution in [0.15, 0.2) is 35.3 Å². The van der Waals surface area contributed by atoms with Gasteiger partial charge in [-0.3, -0.25) is 0 Å². The fourth-order valence-corrected chi connectivity index (χ4v) is 2.05. The minimum absolute atomic E-state index is 0.0663. The van der Waals surface area contributed by atoms with Crippen molar-refractivity contribution in [3.05, 3.63) is 42.4 Å². The number of carbonyl (C=O) groups excluding carboxylic acids is 1. The number of methoxy groups -OCH3 is 1. The van der Waals surface area contributed by atoms with Crippen LogP contribution in [0.4, 0.5) is 0 Å². The third-order valence-electron chi connectivity index (χ3n) is 3.29. The second kappa shape index (κ2) is 7.64. The van der Waals surface area contributed by atoms with E-state index in [1.54, 1.807) is 18.3 Å². The fraction of sp³-hybridized carbons (Fsp3) is 0.467. The fourth-order valence-electron chi connectivity index (χ4n) is 2.05. The van der Waals surface area contributed by atoms with Gasteiger partial charge in [-0.2, -0.15) is 0 Å². The SMILES string of the molecule is COC(=O)c1ccc(C(C)NCCCCn2ccnc2)o1. The number of nitrogens with one attached hydrogen (secondary N) is 1. The van der Waals surface area contributed by atoms with E-state index in [1.807, 2.05) is 19.4 Å². The van der Waals surface area contributed by atoms with E-state index in [9.17, 15) is 4.79 Å². The summed E-state index contributed by atoms with van der Waals surface area (Å²) in [6.45, 7) is 3.88. The Morgan fingerprint density at radius 3 is 3.05 bits per heavy atom. The molecule has 0 aliphatic carbocycles. The summed E-state index contributed by atoms with van der Waals surface area (Å²) in [6.07, 6.45) is 7.73. The monoisotopic (exact) mass is 291 g/mol. The third-order valence-corrected chi connectivity index (χ3v) is 3.29. The summed E-state index contributed by atoms with van der Waals surface area (Å²) in [7, 11) is 1.34. The normalized spacial score (nSPS) is 12.3. The van der Waals surface area contributed by atoms with Crippen LogP contribution in [-0.4, -0.2) is 29.2 Å². The molecule has 6 nitrogen and oxygen atoms in total. The van der Waals surface area contributed by atoms with Gasteiger partial charge in [0.1, 0.15) is 5.76 Å². The molecule has 0 amide bonds. The van der Waals surface area contributed by atoms with E-state index in [1.165, 1.54) is 7.11 Å². The summed E-state index contributed by atoms with van der Waals surface area (Å²) in [5, 5.41) is 3.38. The molecular formula is C15H21N3O3. The van der Waals surface area contributed by atoms with E-state index >= 15 is 0 Å². The van der Waals surface area contributed by atoms with Crippen molar-refractivity contribution < 1.29 is 13.9 Å². The molecule has 0 radical (unpaired) electrons. The van der Waals surface area contributed by atoms with Gasteiger partial charge in [0.25, 0.3) is 0 Å². The van der Waals surface area contributed by atoms with Gasteiger partial charge in [0, 0.05) is 18.9 Å². The van der Waals surface area contributed by atoms with Crippen molar-refractivity contribution in [3.63, 3.8) is 0 Å². The lowest BCUT2D eigenvalue weighted by Crippen LogP contribution is -2.19. The Morgan fingerprint density at radius 1 is 1.48 bits per heavy atom. The van der Waals surface area contributed by atoms with Crippen molar-refractivity contribution in [2.45, 2.75) is 32.4 Å². The predicted octanol–water partition coefficient (Wildman–Crippen LogP) is 2.39. The Hall–Kier alpha value is -2.08. The number of aryl methyl sites for hydroxylation is 1. The first kappa shape index (κ1) is 15.3. The predicted molar refractivity (Wildman–Crippen MR) is 77.9 cm³/mol. The molecule has 0 saturated carbocycles. The number of unbranched alkanes of at least 4 members (excludes halogenated alkanes) is 1. The zero-order valence-electron chi connectivity index (χ0n) is 12.4. The molecule has 2 aromatic heterocycles. The van der Waals surface area contributed by atoms with Gasteiger partial charge in [-0.25, -0.2) is 9.78 Å². The Labute approximate surface area is 124 Å². The first-order valence-electron chi connectivity index (χ1n) is 7.08. The van der Waals surface area contributed by atoms with E-state index in [0.29, 0.717) is 0 Å². The smallest absolute Gasteiger partial charge is 0.373 e. The lowest BCUT2D eigenvalue weighted by molar-refractivity contribution is 0.0562. The van der Waals surface area contributed by atoms with Gasteiger partial charge in [0.05, 0.1) is 19.5 Å². The summed E-state index contributed by atoms with van der Waals surface area (Å²) >= 11 is 0. The second-order valence-corrected chi connectivity index (χ2v) is 4.88. The maximum Gasteiger partial charge on any atom is 0.373 e. The topological polar surface area (TPSA) is 69.3 Å². The Morgan fingerprint density at radius 2 is 2.33 bits per heavy atom. The highest BCUT2D eigenvalue weighted by Gasteiger charge is 2.14. The molecule has 0 spiro atoms. The van der Waals surface area contributed by atoms with Gasteiger partial charge in [-0.05, 0) is 38.4 Å². The summed E-state index contributed by atoms with van der Waals surface area (Å²) in [5.41, 5.74) is 0. The number of carbonyl (C=O) groups is 1. The zero-order valence-corrected chi connectivity index (χ0v) is 12.4. The highest BCUT2D eigenvalue weighted by Crippen LogP contribution is 2.16. The molecule has 21 heavy (non-hydrogen) atoms. The molecule has 0 fully saturated rings. The van der Waals surface area contributed by atoms with Crippen LogP contribution in [0.3, 0.4) is 0 Å². The molecule has 0 aromatic carbocycles. The summed E-state index contributed by atoms with van der Waals surface area (Å²) < 4.78 is 12.1. The number of nitrogens with zero attached hydrogens (tertiary/aromatic N) is 2. The van der Waals surface area contributed by atoms with Crippen LogP contribution >= 0.6 is 0 Å². The number of hydrogen-bond acceptors (Lipinski definition) is 5. The van der Waals surface area contributed by atoms with Crippen LogP contribution in [0, 0.1) is 0 Å². The highest BCUT2D eigenvalue weighted by atomic mass is 16.5.